The quantitative estimate of drug-likeness (QED) is 0.617. The smallest absolute Gasteiger partial charge is 0.287 e. The molecule has 0 radical (unpaired) electrons. The van der Waals surface area contributed by atoms with Gasteiger partial charge in [-0.15, -0.1) is 0 Å². The number of pyridine rings is 1. The van der Waals surface area contributed by atoms with Gasteiger partial charge in [-0.1, -0.05) is 6.42 Å². The third-order valence-electron chi connectivity index (χ3n) is 6.57. The lowest BCUT2D eigenvalue weighted by Gasteiger charge is -2.44. The molecule has 1 aliphatic heterocycles. The Morgan fingerprint density at radius 1 is 1.26 bits per heavy atom. The van der Waals surface area contributed by atoms with Crippen LogP contribution in [0.25, 0.3) is 0 Å². The largest absolute Gasteiger partial charge is 0.365 e. The highest BCUT2D eigenvalue weighted by Gasteiger charge is 2.42. The van der Waals surface area contributed by atoms with Crippen LogP contribution in [0.1, 0.15) is 38.5 Å². The van der Waals surface area contributed by atoms with Crippen molar-refractivity contribution in [3.8, 4) is 0 Å². The van der Waals surface area contributed by atoms with Gasteiger partial charge in [0.1, 0.15) is 12.0 Å². The fourth-order valence-electron chi connectivity index (χ4n) is 5.12. The van der Waals surface area contributed by atoms with Crippen molar-refractivity contribution in [1.82, 2.24) is 9.88 Å². The lowest BCUT2D eigenvalue weighted by Crippen LogP contribution is -2.49. The second kappa shape index (κ2) is 7.42. The van der Waals surface area contributed by atoms with E-state index >= 15 is 0 Å². The molecule has 2 bridgehead atoms. The zero-order chi connectivity index (χ0) is 19.0. The van der Waals surface area contributed by atoms with Crippen LogP contribution in [0.4, 0.5) is 11.5 Å². The number of amides is 1. The topological polar surface area (TPSA) is 114 Å². The van der Waals surface area contributed by atoms with E-state index in [0.29, 0.717) is 24.2 Å². The summed E-state index contributed by atoms with van der Waals surface area (Å²) < 4.78 is 0. The fraction of sp³-hybridized carbons (Fsp3) is 0.684. The van der Waals surface area contributed by atoms with Crippen molar-refractivity contribution in [2.75, 3.05) is 18.4 Å². The van der Waals surface area contributed by atoms with Crippen molar-refractivity contribution < 1.29 is 9.72 Å². The van der Waals surface area contributed by atoms with Crippen LogP contribution >= 0.6 is 0 Å². The number of hydrogen-bond acceptors (Lipinski definition) is 6. The Bertz CT molecular complexity index is 696. The van der Waals surface area contributed by atoms with Crippen molar-refractivity contribution in [2.45, 2.75) is 50.6 Å². The van der Waals surface area contributed by atoms with Crippen LogP contribution in [0.2, 0.25) is 0 Å². The van der Waals surface area contributed by atoms with Crippen molar-refractivity contribution in [2.24, 2.45) is 23.5 Å². The van der Waals surface area contributed by atoms with E-state index in [1.165, 1.54) is 18.7 Å². The molecule has 3 fully saturated rings. The van der Waals surface area contributed by atoms with Crippen molar-refractivity contribution in [3.63, 3.8) is 0 Å². The zero-order valence-electron chi connectivity index (χ0n) is 15.4. The summed E-state index contributed by atoms with van der Waals surface area (Å²) in [6, 6.07) is 3.47. The maximum Gasteiger partial charge on any atom is 0.287 e. The lowest BCUT2D eigenvalue weighted by atomic mass is 9.65. The molecular weight excluding hydrogens is 346 g/mol. The minimum absolute atomic E-state index is 0.0233. The van der Waals surface area contributed by atoms with Gasteiger partial charge in [-0.05, 0) is 50.0 Å². The monoisotopic (exact) mass is 373 g/mol. The molecule has 1 saturated heterocycles. The molecule has 0 aromatic carbocycles. The van der Waals surface area contributed by atoms with Crippen LogP contribution in [0.15, 0.2) is 18.3 Å². The average Bonchev–Trinajstić information content (AvgIpc) is 3.10. The maximum atomic E-state index is 13.0. The molecule has 2 heterocycles. The minimum Gasteiger partial charge on any atom is -0.365 e. The Morgan fingerprint density at radius 2 is 2.00 bits per heavy atom. The third kappa shape index (κ3) is 3.76. The molecule has 8 heteroatoms. The van der Waals surface area contributed by atoms with Crippen LogP contribution in [0.3, 0.4) is 0 Å². The Labute approximate surface area is 158 Å². The molecule has 2 saturated carbocycles. The van der Waals surface area contributed by atoms with Gasteiger partial charge < -0.3 is 16.0 Å². The van der Waals surface area contributed by atoms with Crippen molar-refractivity contribution >= 4 is 17.4 Å². The van der Waals surface area contributed by atoms with Crippen molar-refractivity contribution in [3.05, 3.63) is 28.4 Å². The molecule has 146 valence electrons. The summed E-state index contributed by atoms with van der Waals surface area (Å²) in [6.07, 6.45) is 7.58. The summed E-state index contributed by atoms with van der Waals surface area (Å²) in [5.41, 5.74) is 6.33. The van der Waals surface area contributed by atoms with Gasteiger partial charge in [0.15, 0.2) is 0 Å². The second-order valence-corrected chi connectivity index (χ2v) is 8.27. The molecule has 2 aliphatic carbocycles. The molecule has 8 nitrogen and oxygen atoms in total. The molecule has 3 unspecified atom stereocenters. The van der Waals surface area contributed by atoms with Gasteiger partial charge in [0.2, 0.25) is 5.91 Å². The molecule has 27 heavy (non-hydrogen) atoms. The first kappa shape index (κ1) is 18.2. The Morgan fingerprint density at radius 3 is 2.63 bits per heavy atom. The summed E-state index contributed by atoms with van der Waals surface area (Å²) >= 11 is 0. The maximum absolute atomic E-state index is 13.0. The summed E-state index contributed by atoms with van der Waals surface area (Å²) in [6.45, 7) is 1.41. The molecule has 1 aromatic heterocycles. The number of aromatic nitrogens is 1. The van der Waals surface area contributed by atoms with Crippen LogP contribution in [-0.4, -0.2) is 45.9 Å². The summed E-state index contributed by atoms with van der Waals surface area (Å²) in [7, 11) is 0. The van der Waals surface area contributed by atoms with Crippen LogP contribution in [0, 0.1) is 27.9 Å². The molecule has 3 N–H and O–H groups in total. The summed E-state index contributed by atoms with van der Waals surface area (Å²) in [5.74, 6) is 2.02. The normalized spacial score (nSPS) is 32.9. The highest BCUT2D eigenvalue weighted by atomic mass is 16.6. The number of nitrogens with two attached hydrogens (primary N) is 1. The van der Waals surface area contributed by atoms with E-state index in [2.05, 4.69) is 10.3 Å². The van der Waals surface area contributed by atoms with E-state index in [1.54, 1.807) is 6.07 Å². The first-order valence-electron chi connectivity index (χ1n) is 9.92. The van der Waals surface area contributed by atoms with Gasteiger partial charge >= 0.3 is 0 Å². The number of rotatable bonds is 4. The second-order valence-electron chi connectivity index (χ2n) is 8.27. The number of nitro groups is 1. The zero-order valence-corrected chi connectivity index (χ0v) is 15.4. The van der Waals surface area contributed by atoms with Crippen LogP contribution < -0.4 is 11.1 Å². The number of hydrogen-bond donors (Lipinski definition) is 2. The van der Waals surface area contributed by atoms with Gasteiger partial charge in [0, 0.05) is 37.2 Å². The first-order valence-corrected chi connectivity index (χ1v) is 9.92. The van der Waals surface area contributed by atoms with Gasteiger partial charge in [0.25, 0.3) is 5.69 Å². The standard InChI is InChI=1S/C19H27N5O3/c20-18-12-2-1-3-13(18)9-14(8-12)19(25)23-7-6-15(11-23)22-17-5-4-16(10-21-17)24(26)27/h4-5,10,12-15,18H,1-3,6-9,11,20H2,(H,21,22). The molecular formula is C19H27N5O3. The van der Waals surface area contributed by atoms with E-state index < -0.39 is 4.92 Å². The van der Waals surface area contributed by atoms with Crippen LogP contribution in [0.5, 0.6) is 0 Å². The van der Waals surface area contributed by atoms with Gasteiger partial charge in [-0.2, -0.15) is 0 Å². The Kier molecular flexibility index (Phi) is 4.99. The average molecular weight is 373 g/mol. The van der Waals surface area contributed by atoms with Gasteiger partial charge in [-0.3, -0.25) is 14.9 Å². The van der Waals surface area contributed by atoms with E-state index in [1.807, 2.05) is 4.90 Å². The predicted octanol–water partition coefficient (Wildman–Crippen LogP) is 2.16. The van der Waals surface area contributed by atoms with E-state index in [4.69, 9.17) is 5.73 Å². The number of nitrogens with zero attached hydrogens (tertiary/aromatic N) is 3. The summed E-state index contributed by atoms with van der Waals surface area (Å²) in [5, 5.41) is 14.0. The minimum atomic E-state index is -0.460. The van der Waals surface area contributed by atoms with Crippen molar-refractivity contribution in [1.29, 1.82) is 0 Å². The Balaban J connectivity index is 1.32. The predicted molar refractivity (Wildman–Crippen MR) is 101 cm³/mol. The number of anilines is 1. The van der Waals surface area contributed by atoms with Gasteiger partial charge in [-0.25, -0.2) is 4.98 Å². The molecule has 4 rings (SSSR count). The summed E-state index contributed by atoms with van der Waals surface area (Å²) in [4.78, 5) is 29.3. The first-order chi connectivity index (χ1) is 13.0. The van der Waals surface area contributed by atoms with E-state index in [-0.39, 0.29) is 29.6 Å². The number of carbonyl (C=O) groups excluding carboxylic acids is 1. The van der Waals surface area contributed by atoms with Crippen LogP contribution in [-0.2, 0) is 4.79 Å². The number of carbonyl (C=O) groups is 1. The fourth-order valence-corrected chi connectivity index (χ4v) is 5.12. The highest BCUT2D eigenvalue weighted by Crippen LogP contribution is 2.42. The molecule has 1 aromatic rings. The highest BCUT2D eigenvalue weighted by molar-refractivity contribution is 5.79. The van der Waals surface area contributed by atoms with E-state index in [0.717, 1.165) is 38.6 Å². The molecule has 3 aliphatic rings. The number of nitrogens with one attached hydrogen (secondary N) is 1. The van der Waals surface area contributed by atoms with E-state index in [9.17, 15) is 14.9 Å². The van der Waals surface area contributed by atoms with Gasteiger partial charge in [0.05, 0.1) is 4.92 Å². The number of likely N-dealkylation sites (tertiary alicyclic amines) is 1. The number of fused-ring (bicyclic) bond motifs is 2. The SMILES string of the molecule is NC1C2CCCC1CC(C(=O)N1CCC(Nc3ccc([N+](=O)[O-])cn3)C1)C2. The molecule has 1 amide bonds. The lowest BCUT2D eigenvalue weighted by molar-refractivity contribution is -0.385. The third-order valence-corrected chi connectivity index (χ3v) is 6.57. The Hall–Kier alpha value is -2.22. The molecule has 0 spiro atoms. The molecule has 3 atom stereocenters.